The van der Waals surface area contributed by atoms with Gasteiger partial charge in [-0.1, -0.05) is 29.8 Å². The van der Waals surface area contributed by atoms with Gasteiger partial charge in [-0.25, -0.2) is 4.79 Å². The average molecular weight is 415 g/mol. The Hall–Kier alpha value is -2.73. The molecule has 1 spiro atoms. The molecule has 4 rings (SSSR count). The van der Waals surface area contributed by atoms with Crippen molar-refractivity contribution in [1.82, 2.24) is 10.6 Å². The van der Waals surface area contributed by atoms with Crippen LogP contribution in [0.2, 0.25) is 5.02 Å². The maximum atomic E-state index is 12.4. The largest absolute Gasteiger partial charge is 0.467 e. The average Bonchev–Trinajstić information content (AvgIpc) is 2.59. The lowest BCUT2D eigenvalue weighted by Crippen LogP contribution is -2.69. The fraction of sp³-hybridized carbons (Fsp3) is 0.364. The molecule has 1 fully saturated rings. The van der Waals surface area contributed by atoms with Crippen molar-refractivity contribution in [2.45, 2.75) is 50.8 Å². The molecule has 2 N–H and O–H groups in total. The molecule has 2 aliphatic heterocycles. The molecule has 1 saturated heterocycles. The number of rotatable bonds is 2. The number of benzene rings is 2. The van der Waals surface area contributed by atoms with Gasteiger partial charge < -0.3 is 20.1 Å². The molecule has 6 nitrogen and oxygen atoms in total. The van der Waals surface area contributed by atoms with E-state index >= 15 is 0 Å². The van der Waals surface area contributed by atoms with Gasteiger partial charge in [0.05, 0.1) is 0 Å². The van der Waals surface area contributed by atoms with Crippen LogP contribution in [0.1, 0.15) is 50.7 Å². The lowest BCUT2D eigenvalue weighted by molar-refractivity contribution is -0.131. The topological polar surface area (TPSA) is 76.7 Å². The van der Waals surface area contributed by atoms with Gasteiger partial charge in [0.1, 0.15) is 11.5 Å². The third kappa shape index (κ3) is 4.03. The van der Waals surface area contributed by atoms with Crippen molar-refractivity contribution in [2.24, 2.45) is 0 Å². The smallest absolute Gasteiger partial charge is 0.318 e. The highest BCUT2D eigenvalue weighted by molar-refractivity contribution is 6.30. The van der Waals surface area contributed by atoms with Crippen molar-refractivity contribution < 1.29 is 19.1 Å². The quantitative estimate of drug-likeness (QED) is 0.565. The standard InChI is InChI=1S/C22H23ClN2O4/c1-13(26)28-16-8-9-17-18(14-4-6-15(23)7-5-14)11-22(29-19(17)10-16)12-21(2,3)24-20(27)25-22/h4-10,18H,11-12H2,1-3H3,(H2,24,25,27). The van der Waals surface area contributed by atoms with Crippen LogP contribution in [0.3, 0.4) is 0 Å². The van der Waals surface area contributed by atoms with E-state index < -0.39 is 17.2 Å². The van der Waals surface area contributed by atoms with Gasteiger partial charge in [0, 0.05) is 47.9 Å². The van der Waals surface area contributed by atoms with Gasteiger partial charge in [-0.05, 0) is 37.6 Å². The molecule has 0 radical (unpaired) electrons. The predicted octanol–water partition coefficient (Wildman–Crippen LogP) is 4.36. The van der Waals surface area contributed by atoms with Gasteiger partial charge in [0.2, 0.25) is 0 Å². The summed E-state index contributed by atoms with van der Waals surface area (Å²) in [5.41, 5.74) is 0.735. The van der Waals surface area contributed by atoms with E-state index in [2.05, 4.69) is 10.6 Å². The lowest BCUT2D eigenvalue weighted by Gasteiger charge is -2.49. The number of hydrogen-bond donors (Lipinski definition) is 2. The number of ether oxygens (including phenoxy) is 2. The minimum absolute atomic E-state index is 0.0170. The van der Waals surface area contributed by atoms with E-state index in [9.17, 15) is 9.59 Å². The summed E-state index contributed by atoms with van der Waals surface area (Å²) < 4.78 is 11.6. The summed E-state index contributed by atoms with van der Waals surface area (Å²) >= 11 is 6.08. The molecule has 2 aromatic rings. The van der Waals surface area contributed by atoms with Gasteiger partial charge in [0.15, 0.2) is 5.72 Å². The molecule has 0 saturated carbocycles. The van der Waals surface area contributed by atoms with Crippen LogP contribution in [0.15, 0.2) is 42.5 Å². The molecule has 2 heterocycles. The Morgan fingerprint density at radius 3 is 2.55 bits per heavy atom. The first-order valence-electron chi connectivity index (χ1n) is 9.52. The normalized spacial score (nSPS) is 24.7. The highest BCUT2D eigenvalue weighted by Gasteiger charge is 2.49. The fourth-order valence-corrected chi connectivity index (χ4v) is 4.46. The first kappa shape index (κ1) is 19.6. The third-order valence-electron chi connectivity index (χ3n) is 5.25. The van der Waals surface area contributed by atoms with E-state index in [1.807, 2.05) is 44.2 Å². The van der Waals surface area contributed by atoms with Crippen molar-refractivity contribution in [3.05, 3.63) is 58.6 Å². The summed E-state index contributed by atoms with van der Waals surface area (Å²) in [5, 5.41) is 6.59. The number of urea groups is 1. The number of halogens is 1. The Balaban J connectivity index is 1.80. The molecule has 0 bridgehead atoms. The van der Waals surface area contributed by atoms with Crippen molar-refractivity contribution in [2.75, 3.05) is 0 Å². The minimum atomic E-state index is -0.877. The van der Waals surface area contributed by atoms with E-state index in [1.165, 1.54) is 6.92 Å². The summed E-state index contributed by atoms with van der Waals surface area (Å²) in [7, 11) is 0. The fourth-order valence-electron chi connectivity index (χ4n) is 4.34. The van der Waals surface area contributed by atoms with E-state index in [1.54, 1.807) is 12.1 Å². The van der Waals surface area contributed by atoms with Crippen LogP contribution in [0.5, 0.6) is 11.5 Å². The van der Waals surface area contributed by atoms with E-state index in [-0.39, 0.29) is 11.9 Å². The second kappa shape index (κ2) is 6.95. The molecule has 2 aromatic carbocycles. The van der Waals surface area contributed by atoms with Crippen molar-refractivity contribution in [3.63, 3.8) is 0 Å². The van der Waals surface area contributed by atoms with Crippen LogP contribution in [0.4, 0.5) is 4.79 Å². The molecule has 29 heavy (non-hydrogen) atoms. The molecule has 2 aliphatic rings. The molecule has 2 atom stereocenters. The third-order valence-corrected chi connectivity index (χ3v) is 5.51. The monoisotopic (exact) mass is 414 g/mol. The van der Waals surface area contributed by atoms with Crippen LogP contribution >= 0.6 is 11.6 Å². The Kier molecular flexibility index (Phi) is 4.69. The van der Waals surface area contributed by atoms with Gasteiger partial charge in [0.25, 0.3) is 0 Å². The summed E-state index contributed by atoms with van der Waals surface area (Å²) in [6.45, 7) is 5.30. The summed E-state index contributed by atoms with van der Waals surface area (Å²) in [5.74, 6) is 0.577. The summed E-state index contributed by atoms with van der Waals surface area (Å²) in [6, 6.07) is 12.8. The second-order valence-electron chi connectivity index (χ2n) is 8.34. The molecular weight excluding hydrogens is 392 g/mol. The highest BCUT2D eigenvalue weighted by Crippen LogP contribution is 2.47. The predicted molar refractivity (Wildman–Crippen MR) is 109 cm³/mol. The van der Waals surface area contributed by atoms with Crippen molar-refractivity contribution >= 4 is 23.6 Å². The van der Waals surface area contributed by atoms with Gasteiger partial charge in [-0.15, -0.1) is 0 Å². The molecule has 2 amide bonds. The zero-order valence-corrected chi connectivity index (χ0v) is 17.3. The zero-order valence-electron chi connectivity index (χ0n) is 16.5. The second-order valence-corrected chi connectivity index (χ2v) is 8.77. The van der Waals surface area contributed by atoms with E-state index in [0.29, 0.717) is 29.4 Å². The number of amides is 2. The van der Waals surface area contributed by atoms with Crippen molar-refractivity contribution in [3.8, 4) is 11.5 Å². The number of fused-ring (bicyclic) bond motifs is 1. The molecule has 0 aliphatic carbocycles. The summed E-state index contributed by atoms with van der Waals surface area (Å²) in [4.78, 5) is 23.8. The minimum Gasteiger partial charge on any atom is -0.467 e. The number of carbonyl (C=O) groups is 2. The van der Waals surface area contributed by atoms with Crippen LogP contribution < -0.4 is 20.1 Å². The number of hydrogen-bond acceptors (Lipinski definition) is 4. The maximum Gasteiger partial charge on any atom is 0.318 e. The Bertz CT molecular complexity index is 973. The lowest BCUT2D eigenvalue weighted by atomic mass is 9.77. The molecule has 0 aromatic heterocycles. The number of nitrogens with one attached hydrogen (secondary N) is 2. The van der Waals surface area contributed by atoms with E-state index in [0.717, 1.165) is 11.1 Å². The zero-order chi connectivity index (χ0) is 20.8. The molecule has 2 unspecified atom stereocenters. The van der Waals surface area contributed by atoms with Crippen molar-refractivity contribution in [1.29, 1.82) is 0 Å². The van der Waals surface area contributed by atoms with E-state index in [4.69, 9.17) is 21.1 Å². The number of carbonyl (C=O) groups excluding carboxylic acids is 2. The Morgan fingerprint density at radius 2 is 1.90 bits per heavy atom. The SMILES string of the molecule is CC(=O)Oc1ccc2c(c1)OC1(CC2c2ccc(Cl)cc2)CC(C)(C)NC(=O)N1. The molecule has 7 heteroatoms. The van der Waals surface area contributed by atoms with Gasteiger partial charge in [-0.2, -0.15) is 0 Å². The van der Waals surface area contributed by atoms with Crippen LogP contribution in [0.25, 0.3) is 0 Å². The maximum absolute atomic E-state index is 12.4. The molecular formula is C22H23ClN2O4. The van der Waals surface area contributed by atoms with Crippen LogP contribution in [-0.4, -0.2) is 23.3 Å². The van der Waals surface area contributed by atoms with Gasteiger partial charge >= 0.3 is 12.0 Å². The molecule has 152 valence electrons. The summed E-state index contributed by atoms with van der Waals surface area (Å²) in [6.07, 6.45) is 1.15. The number of esters is 1. The highest BCUT2D eigenvalue weighted by atomic mass is 35.5. The Morgan fingerprint density at radius 1 is 1.17 bits per heavy atom. The Labute approximate surface area is 174 Å². The van der Waals surface area contributed by atoms with Crippen LogP contribution in [0, 0.1) is 0 Å². The van der Waals surface area contributed by atoms with Gasteiger partial charge in [-0.3, -0.25) is 4.79 Å². The first-order chi connectivity index (χ1) is 13.6. The van der Waals surface area contributed by atoms with Crippen LogP contribution in [-0.2, 0) is 4.79 Å². The first-order valence-corrected chi connectivity index (χ1v) is 9.90.